The summed E-state index contributed by atoms with van der Waals surface area (Å²) in [5.41, 5.74) is 0. The Bertz CT molecular complexity index is 91.4. The second kappa shape index (κ2) is 8.52. The van der Waals surface area contributed by atoms with E-state index < -0.39 is 0 Å². The summed E-state index contributed by atoms with van der Waals surface area (Å²) >= 11 is 0. The van der Waals surface area contributed by atoms with Gasteiger partial charge in [0.2, 0.25) is 0 Å². The zero-order valence-electron chi connectivity index (χ0n) is 6.73. The van der Waals surface area contributed by atoms with Gasteiger partial charge in [-0.3, -0.25) is 0 Å². The van der Waals surface area contributed by atoms with Crippen molar-refractivity contribution in [1.82, 2.24) is 0 Å². The number of hydrogen-bond acceptors (Lipinski definition) is 1. The minimum absolute atomic E-state index is 0.824. The Labute approximate surface area is 63.8 Å². The number of ether oxygens (including phenoxy) is 1. The monoisotopic (exact) mass is 140 g/mol. The smallest absolute Gasteiger partial charge is 0.0475 e. The Kier molecular flexibility index (Phi) is 8.11. The Balaban J connectivity index is 2.72. The molecule has 0 saturated carbocycles. The summed E-state index contributed by atoms with van der Waals surface area (Å²) in [7, 11) is 0. The lowest BCUT2D eigenvalue weighted by atomic mass is 10.3. The van der Waals surface area contributed by atoms with Gasteiger partial charge in [0.1, 0.15) is 0 Å². The van der Waals surface area contributed by atoms with Crippen molar-refractivity contribution in [3.63, 3.8) is 0 Å². The lowest BCUT2D eigenvalue weighted by Crippen LogP contribution is -1.95. The highest BCUT2D eigenvalue weighted by atomic mass is 16.5. The molecule has 0 atom stereocenters. The summed E-state index contributed by atoms with van der Waals surface area (Å²) in [5, 5.41) is 0. The van der Waals surface area contributed by atoms with Crippen LogP contribution in [-0.2, 0) is 4.74 Å². The van der Waals surface area contributed by atoms with Gasteiger partial charge in [-0.1, -0.05) is 13.3 Å². The van der Waals surface area contributed by atoms with E-state index in [1.165, 1.54) is 6.42 Å². The quantitative estimate of drug-likeness (QED) is 0.406. The van der Waals surface area contributed by atoms with Crippen LogP contribution < -0.4 is 0 Å². The minimum atomic E-state index is 0.824. The van der Waals surface area contributed by atoms with Gasteiger partial charge in [-0.15, -0.1) is 12.3 Å². The standard InChI is InChI=1S/C9H16O/c1-3-5-7-9-10-8-6-4-2/h1H,4-9H2,2H3. The summed E-state index contributed by atoms with van der Waals surface area (Å²) in [5.74, 6) is 2.58. The van der Waals surface area contributed by atoms with E-state index in [1.54, 1.807) is 0 Å². The molecule has 0 aliphatic rings. The molecule has 1 nitrogen and oxygen atoms in total. The lowest BCUT2D eigenvalue weighted by molar-refractivity contribution is 0.130. The fraction of sp³-hybridized carbons (Fsp3) is 0.778. The molecular formula is C9H16O. The van der Waals surface area contributed by atoms with Crippen molar-refractivity contribution in [3.8, 4) is 12.3 Å². The normalized spacial score (nSPS) is 9.20. The van der Waals surface area contributed by atoms with Crippen LogP contribution in [0.2, 0.25) is 0 Å². The summed E-state index contributed by atoms with van der Waals surface area (Å²) in [4.78, 5) is 0. The van der Waals surface area contributed by atoms with Crippen LogP contribution >= 0.6 is 0 Å². The molecule has 0 amide bonds. The van der Waals surface area contributed by atoms with Gasteiger partial charge in [0.15, 0.2) is 0 Å². The Morgan fingerprint density at radius 3 is 2.60 bits per heavy atom. The topological polar surface area (TPSA) is 9.23 Å². The van der Waals surface area contributed by atoms with Crippen molar-refractivity contribution < 1.29 is 4.74 Å². The maximum atomic E-state index is 5.28. The molecular weight excluding hydrogens is 124 g/mol. The van der Waals surface area contributed by atoms with Crippen molar-refractivity contribution in [1.29, 1.82) is 0 Å². The fourth-order valence-electron chi connectivity index (χ4n) is 0.625. The maximum absolute atomic E-state index is 5.28. The average Bonchev–Trinajstić information content (AvgIpc) is 1.97. The molecule has 0 rings (SSSR count). The summed E-state index contributed by atoms with van der Waals surface area (Å²) < 4.78 is 5.28. The predicted octanol–water partition coefficient (Wildman–Crippen LogP) is 2.22. The third-order valence-electron chi connectivity index (χ3n) is 1.25. The second-order valence-electron chi connectivity index (χ2n) is 2.27. The Morgan fingerprint density at radius 2 is 2.00 bits per heavy atom. The zero-order chi connectivity index (χ0) is 7.66. The highest BCUT2D eigenvalue weighted by Crippen LogP contribution is 1.91. The molecule has 0 unspecified atom stereocenters. The van der Waals surface area contributed by atoms with Gasteiger partial charge in [0, 0.05) is 19.6 Å². The van der Waals surface area contributed by atoms with Crippen molar-refractivity contribution in [2.75, 3.05) is 13.2 Å². The van der Waals surface area contributed by atoms with Crippen LogP contribution in [0.25, 0.3) is 0 Å². The number of unbranched alkanes of at least 4 members (excludes halogenated alkanes) is 2. The van der Waals surface area contributed by atoms with E-state index in [4.69, 9.17) is 11.2 Å². The first kappa shape index (κ1) is 9.52. The molecule has 0 aromatic rings. The van der Waals surface area contributed by atoms with Crippen molar-refractivity contribution in [2.45, 2.75) is 32.6 Å². The van der Waals surface area contributed by atoms with Gasteiger partial charge in [0.05, 0.1) is 0 Å². The number of rotatable bonds is 6. The molecule has 0 aliphatic heterocycles. The molecule has 1 heteroatoms. The van der Waals surface area contributed by atoms with Crippen LogP contribution in [0.15, 0.2) is 0 Å². The molecule has 0 aliphatic carbocycles. The average molecular weight is 140 g/mol. The summed E-state index contributed by atoms with van der Waals surface area (Å²) in [6.07, 6.45) is 9.27. The van der Waals surface area contributed by atoms with Crippen LogP contribution in [0.3, 0.4) is 0 Å². The van der Waals surface area contributed by atoms with Gasteiger partial charge < -0.3 is 4.74 Å². The number of terminal acetylenes is 1. The molecule has 0 heterocycles. The Morgan fingerprint density at radius 1 is 1.30 bits per heavy atom. The van der Waals surface area contributed by atoms with Crippen molar-refractivity contribution in [2.24, 2.45) is 0 Å². The highest BCUT2D eigenvalue weighted by Gasteiger charge is 1.85. The molecule has 10 heavy (non-hydrogen) atoms. The molecule has 0 N–H and O–H groups in total. The van der Waals surface area contributed by atoms with Crippen LogP contribution in [0, 0.1) is 12.3 Å². The van der Waals surface area contributed by atoms with E-state index in [9.17, 15) is 0 Å². The molecule has 0 saturated heterocycles. The Hall–Kier alpha value is -0.480. The van der Waals surface area contributed by atoms with E-state index in [2.05, 4.69) is 12.8 Å². The summed E-state index contributed by atoms with van der Waals surface area (Å²) in [6.45, 7) is 3.87. The van der Waals surface area contributed by atoms with Gasteiger partial charge in [-0.2, -0.15) is 0 Å². The molecule has 0 aromatic heterocycles. The number of hydrogen-bond donors (Lipinski definition) is 0. The van der Waals surface area contributed by atoms with Gasteiger partial charge >= 0.3 is 0 Å². The fourth-order valence-corrected chi connectivity index (χ4v) is 0.625. The predicted molar refractivity (Wildman–Crippen MR) is 43.8 cm³/mol. The third kappa shape index (κ3) is 7.52. The SMILES string of the molecule is C#CCCCOCCCC. The minimum Gasteiger partial charge on any atom is -0.381 e. The van der Waals surface area contributed by atoms with E-state index in [1.807, 2.05) is 0 Å². The van der Waals surface area contributed by atoms with Gasteiger partial charge in [-0.25, -0.2) is 0 Å². The van der Waals surface area contributed by atoms with E-state index in [0.29, 0.717) is 0 Å². The molecule has 0 fully saturated rings. The van der Waals surface area contributed by atoms with E-state index in [-0.39, 0.29) is 0 Å². The first-order valence-electron chi connectivity index (χ1n) is 3.93. The van der Waals surface area contributed by atoms with E-state index >= 15 is 0 Å². The molecule has 0 bridgehead atoms. The highest BCUT2D eigenvalue weighted by molar-refractivity contribution is 4.82. The third-order valence-corrected chi connectivity index (χ3v) is 1.25. The van der Waals surface area contributed by atoms with Crippen LogP contribution in [0.1, 0.15) is 32.6 Å². The van der Waals surface area contributed by atoms with E-state index in [0.717, 1.165) is 32.5 Å². The maximum Gasteiger partial charge on any atom is 0.0475 e. The van der Waals surface area contributed by atoms with Crippen LogP contribution in [0.4, 0.5) is 0 Å². The van der Waals surface area contributed by atoms with Crippen LogP contribution in [-0.4, -0.2) is 13.2 Å². The first-order valence-corrected chi connectivity index (χ1v) is 3.93. The zero-order valence-corrected chi connectivity index (χ0v) is 6.73. The van der Waals surface area contributed by atoms with Gasteiger partial charge in [0.25, 0.3) is 0 Å². The largest absolute Gasteiger partial charge is 0.381 e. The molecule has 0 spiro atoms. The lowest BCUT2D eigenvalue weighted by Gasteiger charge is -1.99. The van der Waals surface area contributed by atoms with Crippen molar-refractivity contribution >= 4 is 0 Å². The van der Waals surface area contributed by atoms with Crippen molar-refractivity contribution in [3.05, 3.63) is 0 Å². The molecule has 0 radical (unpaired) electrons. The molecule has 0 aromatic carbocycles. The first-order chi connectivity index (χ1) is 4.91. The van der Waals surface area contributed by atoms with Gasteiger partial charge in [-0.05, 0) is 12.8 Å². The summed E-state index contributed by atoms with van der Waals surface area (Å²) in [6, 6.07) is 0. The molecule has 58 valence electrons. The second-order valence-corrected chi connectivity index (χ2v) is 2.27. The van der Waals surface area contributed by atoms with Crippen LogP contribution in [0.5, 0.6) is 0 Å².